The molecule has 1 aliphatic heterocycles. The van der Waals surface area contributed by atoms with Crippen LogP contribution >= 0.6 is 0 Å². The Morgan fingerprint density at radius 1 is 0.909 bits per heavy atom. The Labute approximate surface area is 323 Å². The number of hydrogen-bond donors (Lipinski definition) is 2. The number of carbonyl (C=O) groups is 3. The van der Waals surface area contributed by atoms with E-state index in [1.54, 1.807) is 55.9 Å². The zero-order chi connectivity index (χ0) is 40.2. The second-order valence-corrected chi connectivity index (χ2v) is 13.1. The molecule has 2 N–H and O–H groups in total. The van der Waals surface area contributed by atoms with Gasteiger partial charge in [-0.05, 0) is 83.5 Å². The second-order valence-electron chi connectivity index (χ2n) is 13.1. The molecule has 1 heterocycles. The summed E-state index contributed by atoms with van der Waals surface area (Å²) in [6.45, 7) is 14.6. The highest BCUT2D eigenvalue weighted by molar-refractivity contribution is 6.10. The number of methoxy groups -OCH3 is 2. The molecule has 2 unspecified atom stereocenters. The highest BCUT2D eigenvalue weighted by Gasteiger charge is 2.38. The summed E-state index contributed by atoms with van der Waals surface area (Å²) in [6.07, 6.45) is 1.85. The van der Waals surface area contributed by atoms with Gasteiger partial charge in [-0.2, -0.15) is 0 Å². The van der Waals surface area contributed by atoms with Gasteiger partial charge in [0, 0.05) is 43.5 Å². The summed E-state index contributed by atoms with van der Waals surface area (Å²) in [4.78, 5) is 48.8. The largest absolute Gasteiger partial charge is 0.497 e. The standard InChI is InChI=1S/C41H54FN7O6/c1-10-15-35-33-16-13-14-17-34(33)45-38(49(35)47(12-3)25-24-46(11-2)39(50)28(6)43-41(52)55-27(4)5)29(7)48(36-23-22-32(53-8)26-37(36)54-9)40(51)44-31-20-18-30(42)19-21-31/h13-23,26-29H,10-12,24-25H2,1-9H3,(H,43,52)(H,44,51)/b35-15+. The van der Waals surface area contributed by atoms with Gasteiger partial charge in [0.25, 0.3) is 0 Å². The third kappa shape index (κ3) is 10.3. The lowest BCUT2D eigenvalue weighted by Crippen LogP contribution is -2.57. The number of amides is 4. The molecular formula is C41H54FN7O6. The first-order valence-corrected chi connectivity index (χ1v) is 18.6. The van der Waals surface area contributed by atoms with E-state index in [4.69, 9.17) is 19.2 Å². The molecule has 0 spiro atoms. The summed E-state index contributed by atoms with van der Waals surface area (Å²) in [5, 5.41) is 9.69. The molecule has 13 nitrogen and oxygen atoms in total. The molecule has 0 aromatic heterocycles. The monoisotopic (exact) mass is 759 g/mol. The molecule has 4 amide bonds. The number of nitrogens with zero attached hydrogens (tertiary/aromatic N) is 5. The number of anilines is 2. The molecule has 0 saturated carbocycles. The third-order valence-electron chi connectivity index (χ3n) is 9.00. The highest BCUT2D eigenvalue weighted by atomic mass is 19.1. The predicted octanol–water partition coefficient (Wildman–Crippen LogP) is 7.68. The number of likely N-dealkylation sites (N-methyl/N-ethyl adjacent to an activating group) is 2. The number of fused-ring (bicyclic) bond motifs is 1. The van der Waals surface area contributed by atoms with Gasteiger partial charge in [-0.1, -0.05) is 38.1 Å². The van der Waals surface area contributed by atoms with Gasteiger partial charge in [-0.25, -0.2) is 24.0 Å². The van der Waals surface area contributed by atoms with Crippen LogP contribution in [-0.4, -0.2) is 97.4 Å². The van der Waals surface area contributed by atoms with E-state index in [2.05, 4.69) is 28.6 Å². The third-order valence-corrected chi connectivity index (χ3v) is 9.00. The molecule has 0 aliphatic carbocycles. The van der Waals surface area contributed by atoms with Gasteiger partial charge < -0.3 is 29.7 Å². The number of ether oxygens (including phenoxy) is 3. The summed E-state index contributed by atoms with van der Waals surface area (Å²) in [5.74, 6) is 0.791. The quantitative estimate of drug-likeness (QED) is 0.152. The summed E-state index contributed by atoms with van der Waals surface area (Å²) in [5.41, 5.74) is 3.36. The van der Waals surface area contributed by atoms with E-state index in [9.17, 15) is 18.8 Å². The number of hydrazine groups is 1. The molecule has 55 heavy (non-hydrogen) atoms. The highest BCUT2D eigenvalue weighted by Crippen LogP contribution is 2.39. The normalized spacial score (nSPS) is 14.1. The maximum absolute atomic E-state index is 14.5. The lowest BCUT2D eigenvalue weighted by molar-refractivity contribution is -0.133. The molecule has 0 fully saturated rings. The van der Waals surface area contributed by atoms with Gasteiger partial charge in [0.2, 0.25) is 5.91 Å². The van der Waals surface area contributed by atoms with Gasteiger partial charge in [0.05, 0.1) is 43.4 Å². The molecule has 0 radical (unpaired) electrons. The summed E-state index contributed by atoms with van der Waals surface area (Å²) < 4.78 is 30.3. The fourth-order valence-corrected chi connectivity index (χ4v) is 6.28. The van der Waals surface area contributed by atoms with E-state index in [0.717, 1.165) is 16.9 Å². The number of carbonyl (C=O) groups excluding carboxylic acids is 3. The molecule has 1 aliphatic rings. The Kier molecular flexibility index (Phi) is 15.0. The van der Waals surface area contributed by atoms with Gasteiger partial charge in [0.1, 0.15) is 29.2 Å². The van der Waals surface area contributed by atoms with Gasteiger partial charge in [-0.15, -0.1) is 0 Å². The van der Waals surface area contributed by atoms with Crippen molar-refractivity contribution in [3.05, 3.63) is 84.2 Å². The Hall–Kier alpha value is -5.63. The molecule has 0 bridgehead atoms. The van der Waals surface area contributed by atoms with Gasteiger partial charge in [-0.3, -0.25) is 14.7 Å². The average molecular weight is 760 g/mol. The predicted molar refractivity (Wildman–Crippen MR) is 214 cm³/mol. The van der Waals surface area contributed by atoms with Crippen molar-refractivity contribution in [3.8, 4) is 11.5 Å². The number of alkyl carbamates (subject to hydrolysis) is 1. The number of rotatable bonds is 16. The number of aliphatic imine (C=N–C) groups is 1. The fraction of sp³-hybridized carbons (Fsp3) is 0.415. The van der Waals surface area contributed by atoms with Crippen molar-refractivity contribution < 1.29 is 33.0 Å². The van der Waals surface area contributed by atoms with Gasteiger partial charge >= 0.3 is 12.1 Å². The fourth-order valence-electron chi connectivity index (χ4n) is 6.28. The van der Waals surface area contributed by atoms with Crippen molar-refractivity contribution >= 4 is 46.6 Å². The molecule has 3 aromatic carbocycles. The number of allylic oxidation sites excluding steroid dienone is 1. The van der Waals surface area contributed by atoms with Crippen LogP contribution in [0.2, 0.25) is 0 Å². The minimum atomic E-state index is -0.802. The van der Waals surface area contributed by atoms with Crippen molar-refractivity contribution in [2.75, 3.05) is 50.6 Å². The summed E-state index contributed by atoms with van der Waals surface area (Å²) in [6, 6.07) is 16.5. The van der Waals surface area contributed by atoms with E-state index in [1.807, 2.05) is 50.0 Å². The minimum absolute atomic E-state index is 0.245. The van der Waals surface area contributed by atoms with Crippen molar-refractivity contribution in [3.63, 3.8) is 0 Å². The van der Waals surface area contributed by atoms with E-state index in [0.29, 0.717) is 61.3 Å². The van der Waals surface area contributed by atoms with Crippen LogP contribution in [0.4, 0.5) is 31.0 Å². The maximum atomic E-state index is 14.5. The Morgan fingerprint density at radius 2 is 1.62 bits per heavy atom. The van der Waals surface area contributed by atoms with Crippen molar-refractivity contribution in [2.24, 2.45) is 4.99 Å². The number of para-hydroxylation sites is 1. The van der Waals surface area contributed by atoms with Crippen LogP contribution in [0.15, 0.2) is 77.8 Å². The molecule has 4 rings (SSSR count). The lowest BCUT2D eigenvalue weighted by Gasteiger charge is -2.44. The molecule has 0 saturated heterocycles. The number of amidine groups is 1. The van der Waals surface area contributed by atoms with Crippen LogP contribution in [-0.2, 0) is 9.53 Å². The molecule has 14 heteroatoms. The topological polar surface area (TPSA) is 128 Å². The number of nitrogens with one attached hydrogen (secondary N) is 2. The van der Waals surface area contributed by atoms with E-state index in [1.165, 1.54) is 31.4 Å². The van der Waals surface area contributed by atoms with Crippen LogP contribution in [0.1, 0.15) is 60.5 Å². The first-order chi connectivity index (χ1) is 26.4. The van der Waals surface area contributed by atoms with Crippen LogP contribution in [0.3, 0.4) is 0 Å². The SMILES string of the molecule is CC/C=C1\c2ccccc2N=C(C(C)N(C(=O)Nc2ccc(F)cc2)c2ccc(OC)cc2OC)N1N(CC)CCN(CC)C(=O)C(C)NC(=O)OC(C)C. The van der Waals surface area contributed by atoms with Crippen molar-refractivity contribution in [2.45, 2.75) is 73.1 Å². The first-order valence-electron chi connectivity index (χ1n) is 18.6. The Balaban J connectivity index is 1.79. The minimum Gasteiger partial charge on any atom is -0.497 e. The molecular weight excluding hydrogens is 705 g/mol. The van der Waals surface area contributed by atoms with E-state index in [-0.39, 0.29) is 12.0 Å². The Bertz CT molecular complexity index is 1850. The smallest absolute Gasteiger partial charge is 0.408 e. The average Bonchev–Trinajstić information content (AvgIpc) is 3.17. The van der Waals surface area contributed by atoms with E-state index < -0.39 is 30.0 Å². The van der Waals surface area contributed by atoms with Crippen LogP contribution < -0.4 is 25.0 Å². The number of benzene rings is 3. The van der Waals surface area contributed by atoms with Gasteiger partial charge in [0.15, 0.2) is 0 Å². The summed E-state index contributed by atoms with van der Waals surface area (Å²) >= 11 is 0. The van der Waals surface area contributed by atoms with E-state index >= 15 is 0 Å². The van der Waals surface area contributed by atoms with Crippen LogP contribution in [0.5, 0.6) is 11.5 Å². The Morgan fingerprint density at radius 3 is 2.24 bits per heavy atom. The number of halogens is 1. The maximum Gasteiger partial charge on any atom is 0.408 e. The van der Waals surface area contributed by atoms with Crippen molar-refractivity contribution in [1.82, 2.24) is 20.2 Å². The lowest BCUT2D eigenvalue weighted by atomic mass is 10.0. The summed E-state index contributed by atoms with van der Waals surface area (Å²) in [7, 11) is 3.07. The zero-order valence-corrected chi connectivity index (χ0v) is 33.3. The first kappa shape index (κ1) is 42.1. The number of hydrogen-bond acceptors (Lipinski definition) is 9. The second kappa shape index (κ2) is 19.6. The zero-order valence-electron chi connectivity index (χ0n) is 33.3. The molecule has 3 aromatic rings. The van der Waals surface area contributed by atoms with Crippen molar-refractivity contribution in [1.29, 1.82) is 0 Å². The molecule has 296 valence electrons. The number of urea groups is 1. The van der Waals surface area contributed by atoms with Crippen LogP contribution in [0, 0.1) is 5.82 Å². The van der Waals surface area contributed by atoms with Crippen LogP contribution in [0.25, 0.3) is 5.70 Å². The molecule has 2 atom stereocenters.